The molecule has 3 N–H and O–H groups in total. The molecule has 1 aliphatic heterocycles. The van der Waals surface area contributed by atoms with Gasteiger partial charge in [0.05, 0.1) is 5.75 Å². The Labute approximate surface area is 107 Å². The summed E-state index contributed by atoms with van der Waals surface area (Å²) in [7, 11) is -3.19. The van der Waals surface area contributed by atoms with Crippen molar-refractivity contribution in [3.63, 3.8) is 0 Å². The predicted octanol–water partition coefficient (Wildman–Crippen LogP) is -0.734. The van der Waals surface area contributed by atoms with Gasteiger partial charge in [0, 0.05) is 13.0 Å². The Morgan fingerprint density at radius 3 is 3.06 bits per heavy atom. The molecule has 0 bridgehead atoms. The van der Waals surface area contributed by atoms with Gasteiger partial charge in [-0.25, -0.2) is 18.1 Å². The Morgan fingerprint density at radius 1 is 1.50 bits per heavy atom. The fourth-order valence-corrected chi connectivity index (χ4v) is 3.55. The summed E-state index contributed by atoms with van der Waals surface area (Å²) in [6.45, 7) is 2.15. The van der Waals surface area contributed by atoms with Crippen molar-refractivity contribution in [2.45, 2.75) is 19.3 Å². The van der Waals surface area contributed by atoms with Crippen molar-refractivity contribution in [2.75, 3.05) is 25.4 Å². The van der Waals surface area contributed by atoms with Gasteiger partial charge in [-0.3, -0.25) is 5.10 Å². The zero-order valence-corrected chi connectivity index (χ0v) is 11.0. The van der Waals surface area contributed by atoms with Crippen molar-refractivity contribution in [3.8, 4) is 0 Å². The van der Waals surface area contributed by atoms with Crippen LogP contribution in [-0.4, -0.2) is 49.0 Å². The van der Waals surface area contributed by atoms with Crippen molar-refractivity contribution in [1.82, 2.24) is 25.2 Å². The van der Waals surface area contributed by atoms with Crippen LogP contribution in [0.15, 0.2) is 6.33 Å². The molecule has 0 aromatic carbocycles. The molecule has 0 amide bonds. The van der Waals surface area contributed by atoms with Gasteiger partial charge in [-0.15, -0.1) is 0 Å². The number of piperidine rings is 1. The van der Waals surface area contributed by atoms with Crippen molar-refractivity contribution >= 4 is 10.0 Å². The van der Waals surface area contributed by atoms with Gasteiger partial charge in [0.15, 0.2) is 0 Å². The number of aromatic nitrogens is 3. The lowest BCUT2D eigenvalue weighted by atomic mass is 10.0. The molecular weight excluding hydrogens is 254 g/mol. The van der Waals surface area contributed by atoms with Gasteiger partial charge in [0.1, 0.15) is 12.2 Å². The first-order valence-corrected chi connectivity index (χ1v) is 7.83. The normalized spacial score (nSPS) is 21.0. The van der Waals surface area contributed by atoms with Crippen molar-refractivity contribution in [1.29, 1.82) is 0 Å². The SMILES string of the molecule is O=S(=O)(CC1CCCNC1)NCCc1ncn[nH]1. The molecule has 18 heavy (non-hydrogen) atoms. The second-order valence-corrected chi connectivity index (χ2v) is 6.42. The first-order chi connectivity index (χ1) is 8.66. The molecular formula is C10H19N5O2S. The number of nitrogens with one attached hydrogen (secondary N) is 3. The average Bonchev–Trinajstić information content (AvgIpc) is 2.82. The van der Waals surface area contributed by atoms with E-state index in [1.54, 1.807) is 0 Å². The van der Waals surface area contributed by atoms with Crippen molar-refractivity contribution in [2.24, 2.45) is 5.92 Å². The quantitative estimate of drug-likeness (QED) is 0.634. The molecule has 102 valence electrons. The topological polar surface area (TPSA) is 99.8 Å². The summed E-state index contributed by atoms with van der Waals surface area (Å²) in [4.78, 5) is 3.94. The van der Waals surface area contributed by atoms with Crippen LogP contribution in [0.25, 0.3) is 0 Å². The second kappa shape index (κ2) is 6.26. The first kappa shape index (κ1) is 13.4. The van der Waals surface area contributed by atoms with E-state index in [1.807, 2.05) is 0 Å². The maximum atomic E-state index is 11.8. The fourth-order valence-electron chi connectivity index (χ4n) is 2.11. The second-order valence-electron chi connectivity index (χ2n) is 4.57. The van der Waals surface area contributed by atoms with Gasteiger partial charge in [-0.05, 0) is 31.8 Å². The van der Waals surface area contributed by atoms with E-state index in [1.165, 1.54) is 6.33 Å². The molecule has 0 aliphatic carbocycles. The van der Waals surface area contributed by atoms with Crippen LogP contribution < -0.4 is 10.0 Å². The molecule has 0 spiro atoms. The molecule has 8 heteroatoms. The van der Waals surface area contributed by atoms with Gasteiger partial charge in [0.2, 0.25) is 10.0 Å². The third-order valence-corrected chi connectivity index (χ3v) is 4.56. The minimum absolute atomic E-state index is 0.205. The molecule has 1 unspecified atom stereocenters. The first-order valence-electron chi connectivity index (χ1n) is 6.18. The maximum absolute atomic E-state index is 11.8. The molecule has 1 saturated heterocycles. The maximum Gasteiger partial charge on any atom is 0.211 e. The Hall–Kier alpha value is -0.990. The highest BCUT2D eigenvalue weighted by Crippen LogP contribution is 2.11. The molecule has 1 aliphatic rings. The van der Waals surface area contributed by atoms with Crippen LogP contribution in [0.5, 0.6) is 0 Å². The molecule has 1 fully saturated rings. The summed E-state index contributed by atoms with van der Waals surface area (Å²) < 4.78 is 26.3. The third-order valence-electron chi connectivity index (χ3n) is 3.00. The molecule has 1 aromatic rings. The number of aromatic amines is 1. The number of sulfonamides is 1. The number of rotatable bonds is 6. The highest BCUT2D eigenvalue weighted by atomic mass is 32.2. The van der Waals surface area contributed by atoms with Gasteiger partial charge in [-0.2, -0.15) is 5.10 Å². The van der Waals surface area contributed by atoms with E-state index < -0.39 is 10.0 Å². The van der Waals surface area contributed by atoms with Crippen LogP contribution >= 0.6 is 0 Å². The third kappa shape index (κ3) is 4.35. The Kier molecular flexibility index (Phi) is 4.67. The summed E-state index contributed by atoms with van der Waals surface area (Å²) in [6.07, 6.45) is 3.98. The van der Waals surface area contributed by atoms with Gasteiger partial charge < -0.3 is 5.32 Å². The number of hydrogen-bond donors (Lipinski definition) is 3. The lowest BCUT2D eigenvalue weighted by Gasteiger charge is -2.22. The lowest BCUT2D eigenvalue weighted by molar-refractivity contribution is 0.403. The van der Waals surface area contributed by atoms with E-state index in [4.69, 9.17) is 0 Å². The summed E-state index contributed by atoms with van der Waals surface area (Å²) in [6, 6.07) is 0. The smallest absolute Gasteiger partial charge is 0.211 e. The molecule has 2 heterocycles. The Morgan fingerprint density at radius 2 is 2.39 bits per heavy atom. The van der Waals surface area contributed by atoms with Crippen molar-refractivity contribution in [3.05, 3.63) is 12.2 Å². The predicted molar refractivity (Wildman–Crippen MR) is 67.5 cm³/mol. The van der Waals surface area contributed by atoms with E-state index in [2.05, 4.69) is 25.2 Å². The van der Waals surface area contributed by atoms with Crippen molar-refractivity contribution < 1.29 is 8.42 Å². The highest BCUT2D eigenvalue weighted by molar-refractivity contribution is 7.89. The van der Waals surface area contributed by atoms with Crippen LogP contribution in [0, 0.1) is 5.92 Å². The standard InChI is InChI=1S/C10H19N5O2S/c16-18(17,7-9-2-1-4-11-6-9)14-5-3-10-12-8-13-15-10/h8-9,11,14H,1-7H2,(H,12,13,15). The summed E-state index contributed by atoms with van der Waals surface area (Å²) >= 11 is 0. The summed E-state index contributed by atoms with van der Waals surface area (Å²) in [5.41, 5.74) is 0. The zero-order chi connectivity index (χ0) is 12.8. The highest BCUT2D eigenvalue weighted by Gasteiger charge is 2.20. The summed E-state index contributed by atoms with van der Waals surface area (Å²) in [5.74, 6) is 1.12. The van der Waals surface area contributed by atoms with Crippen LogP contribution in [0.3, 0.4) is 0 Å². The monoisotopic (exact) mass is 273 g/mol. The lowest BCUT2D eigenvalue weighted by Crippen LogP contribution is -2.38. The minimum Gasteiger partial charge on any atom is -0.316 e. The van der Waals surface area contributed by atoms with E-state index >= 15 is 0 Å². The molecule has 0 saturated carbocycles. The molecule has 0 radical (unpaired) electrons. The fraction of sp³-hybridized carbons (Fsp3) is 0.800. The van der Waals surface area contributed by atoms with Crippen LogP contribution in [-0.2, 0) is 16.4 Å². The van der Waals surface area contributed by atoms with Gasteiger partial charge >= 0.3 is 0 Å². The summed E-state index contributed by atoms with van der Waals surface area (Å²) in [5, 5.41) is 9.63. The number of nitrogens with zero attached hydrogens (tertiary/aromatic N) is 2. The van der Waals surface area contributed by atoms with Crippen LogP contribution in [0.1, 0.15) is 18.7 Å². The molecule has 1 atom stereocenters. The van der Waals surface area contributed by atoms with E-state index in [0.717, 1.165) is 25.9 Å². The Balaban J connectivity index is 1.73. The van der Waals surface area contributed by atoms with E-state index in [9.17, 15) is 8.42 Å². The number of hydrogen-bond acceptors (Lipinski definition) is 5. The molecule has 2 rings (SSSR count). The van der Waals surface area contributed by atoms with Gasteiger partial charge in [0.25, 0.3) is 0 Å². The average molecular weight is 273 g/mol. The van der Waals surface area contributed by atoms with Gasteiger partial charge in [-0.1, -0.05) is 0 Å². The zero-order valence-electron chi connectivity index (χ0n) is 10.2. The van der Waals surface area contributed by atoms with E-state index in [0.29, 0.717) is 18.8 Å². The Bertz CT molecular complexity index is 439. The molecule has 7 nitrogen and oxygen atoms in total. The van der Waals surface area contributed by atoms with E-state index in [-0.39, 0.29) is 11.7 Å². The number of H-pyrrole nitrogens is 1. The van der Waals surface area contributed by atoms with Crippen LogP contribution in [0.4, 0.5) is 0 Å². The van der Waals surface area contributed by atoms with Crippen LogP contribution in [0.2, 0.25) is 0 Å². The largest absolute Gasteiger partial charge is 0.316 e. The molecule has 1 aromatic heterocycles. The minimum atomic E-state index is -3.19.